The predicted molar refractivity (Wildman–Crippen MR) is 83.0 cm³/mol. The number of hydrogen-bond acceptors (Lipinski definition) is 4. The van der Waals surface area contributed by atoms with Gasteiger partial charge in [-0.3, -0.25) is 9.59 Å². The van der Waals surface area contributed by atoms with Gasteiger partial charge in [-0.05, 0) is 37.5 Å². The molecule has 4 nitrogen and oxygen atoms in total. The van der Waals surface area contributed by atoms with E-state index in [2.05, 4.69) is 0 Å². The van der Waals surface area contributed by atoms with E-state index in [1.165, 1.54) is 0 Å². The van der Waals surface area contributed by atoms with Crippen LogP contribution in [0.3, 0.4) is 0 Å². The summed E-state index contributed by atoms with van der Waals surface area (Å²) in [5.74, 6) is 0.458. The van der Waals surface area contributed by atoms with Gasteiger partial charge in [0.1, 0.15) is 5.76 Å². The lowest BCUT2D eigenvalue weighted by Crippen LogP contribution is -2.08. The maximum absolute atomic E-state index is 12.3. The molecule has 0 saturated carbocycles. The van der Waals surface area contributed by atoms with Crippen LogP contribution in [0.2, 0.25) is 0 Å². The molecule has 116 valence electrons. The second-order valence-electron chi connectivity index (χ2n) is 5.25. The normalized spacial score (nSPS) is 10.5. The second kappa shape index (κ2) is 7.07. The van der Waals surface area contributed by atoms with E-state index in [0.29, 0.717) is 24.4 Å². The lowest BCUT2D eigenvalue weighted by molar-refractivity contribution is -0.142. The van der Waals surface area contributed by atoms with E-state index in [9.17, 15) is 9.59 Å². The summed E-state index contributed by atoms with van der Waals surface area (Å²) >= 11 is 0. The topological polar surface area (TPSA) is 56.5 Å². The van der Waals surface area contributed by atoms with Crippen molar-refractivity contribution in [3.8, 4) is 0 Å². The summed E-state index contributed by atoms with van der Waals surface area (Å²) < 4.78 is 10.2. The smallest absolute Gasteiger partial charge is 0.310 e. The molecular weight excluding hydrogens is 280 g/mol. The van der Waals surface area contributed by atoms with Crippen molar-refractivity contribution in [3.05, 3.63) is 58.5 Å². The average Bonchev–Trinajstić information content (AvgIpc) is 2.80. The van der Waals surface area contributed by atoms with Crippen molar-refractivity contribution < 1.29 is 18.7 Å². The molecule has 2 aromatic rings. The molecule has 4 heteroatoms. The zero-order chi connectivity index (χ0) is 16.1. The third kappa shape index (κ3) is 3.85. The van der Waals surface area contributed by atoms with Gasteiger partial charge in [0, 0.05) is 6.42 Å². The maximum Gasteiger partial charge on any atom is 0.310 e. The van der Waals surface area contributed by atoms with Gasteiger partial charge in [0.2, 0.25) is 0 Å². The summed E-state index contributed by atoms with van der Waals surface area (Å²) in [7, 11) is 0. The van der Waals surface area contributed by atoms with Crippen molar-refractivity contribution in [2.24, 2.45) is 0 Å². The van der Waals surface area contributed by atoms with Crippen LogP contribution in [-0.2, 0) is 22.4 Å². The Morgan fingerprint density at radius 3 is 2.14 bits per heavy atom. The van der Waals surface area contributed by atoms with Crippen LogP contribution < -0.4 is 0 Å². The van der Waals surface area contributed by atoms with E-state index in [-0.39, 0.29) is 18.2 Å². The number of rotatable bonds is 6. The van der Waals surface area contributed by atoms with Crippen LogP contribution >= 0.6 is 0 Å². The molecule has 0 fully saturated rings. The summed E-state index contributed by atoms with van der Waals surface area (Å²) in [5, 5.41) is 0. The molecule has 0 aliphatic heterocycles. The summed E-state index contributed by atoms with van der Waals surface area (Å²) in [6, 6.07) is 7.46. The van der Waals surface area contributed by atoms with Crippen LogP contribution in [0.25, 0.3) is 0 Å². The molecule has 0 atom stereocenters. The fourth-order valence-electron chi connectivity index (χ4n) is 2.42. The minimum atomic E-state index is -0.240. The lowest BCUT2D eigenvalue weighted by atomic mass is 9.99. The van der Waals surface area contributed by atoms with Crippen LogP contribution in [0.15, 0.2) is 34.9 Å². The van der Waals surface area contributed by atoms with Gasteiger partial charge in [-0.1, -0.05) is 24.3 Å². The van der Waals surface area contributed by atoms with Gasteiger partial charge in [0.15, 0.2) is 5.78 Å². The first-order valence-corrected chi connectivity index (χ1v) is 7.32. The van der Waals surface area contributed by atoms with Gasteiger partial charge >= 0.3 is 5.97 Å². The Kier molecular flexibility index (Phi) is 5.15. The van der Waals surface area contributed by atoms with E-state index in [4.69, 9.17) is 9.15 Å². The largest absolute Gasteiger partial charge is 0.469 e. The number of hydrogen-bond donors (Lipinski definition) is 0. The molecule has 0 radical (unpaired) electrons. The molecule has 1 aromatic carbocycles. The van der Waals surface area contributed by atoms with Gasteiger partial charge in [-0.15, -0.1) is 0 Å². The van der Waals surface area contributed by atoms with Crippen molar-refractivity contribution in [2.75, 3.05) is 6.61 Å². The Bertz CT molecular complexity index is 645. The first-order valence-electron chi connectivity index (χ1n) is 7.32. The Balaban J connectivity index is 2.02. The highest BCUT2D eigenvalue weighted by Gasteiger charge is 2.16. The third-order valence-electron chi connectivity index (χ3n) is 3.48. The number of esters is 1. The molecule has 22 heavy (non-hydrogen) atoms. The maximum atomic E-state index is 12.3. The summed E-state index contributed by atoms with van der Waals surface area (Å²) in [6.07, 6.45) is 2.17. The molecule has 0 amide bonds. The standard InChI is InChI=1S/C18H20O4/c1-4-21-17(20)10-15-7-5-14(6-8-15)9-16(19)18-12(2)11-22-13(18)3/h5-8,11H,4,9-10H2,1-3H3. The van der Waals surface area contributed by atoms with Gasteiger partial charge < -0.3 is 9.15 Å². The highest BCUT2D eigenvalue weighted by Crippen LogP contribution is 2.18. The van der Waals surface area contributed by atoms with Gasteiger partial charge in [0.25, 0.3) is 0 Å². The van der Waals surface area contributed by atoms with Gasteiger partial charge in [0.05, 0.1) is 24.9 Å². The molecule has 1 aromatic heterocycles. The molecule has 0 aliphatic rings. The SMILES string of the molecule is CCOC(=O)Cc1ccc(CC(=O)c2c(C)coc2C)cc1. The van der Waals surface area contributed by atoms with Crippen LogP contribution in [0.5, 0.6) is 0 Å². The zero-order valence-electron chi connectivity index (χ0n) is 13.1. The number of furan rings is 1. The molecule has 2 rings (SSSR count). The van der Waals surface area contributed by atoms with Gasteiger partial charge in [-0.2, -0.15) is 0 Å². The van der Waals surface area contributed by atoms with E-state index < -0.39 is 0 Å². The highest BCUT2D eigenvalue weighted by atomic mass is 16.5. The van der Waals surface area contributed by atoms with Crippen LogP contribution in [0.4, 0.5) is 0 Å². The molecule has 0 N–H and O–H groups in total. The minimum Gasteiger partial charge on any atom is -0.469 e. The number of ether oxygens (including phenoxy) is 1. The molecule has 0 saturated heterocycles. The molecule has 0 spiro atoms. The quantitative estimate of drug-likeness (QED) is 0.606. The fraction of sp³-hybridized carbons (Fsp3) is 0.333. The summed E-state index contributed by atoms with van der Waals surface area (Å²) in [4.78, 5) is 23.7. The van der Waals surface area contributed by atoms with Crippen molar-refractivity contribution in [1.29, 1.82) is 0 Å². The van der Waals surface area contributed by atoms with E-state index >= 15 is 0 Å². The number of benzene rings is 1. The highest BCUT2D eigenvalue weighted by molar-refractivity contribution is 5.99. The number of ketones is 1. The minimum absolute atomic E-state index is 0.0434. The second-order valence-corrected chi connectivity index (χ2v) is 5.25. The van der Waals surface area contributed by atoms with Crippen molar-refractivity contribution in [1.82, 2.24) is 0 Å². The Morgan fingerprint density at radius 1 is 1.05 bits per heavy atom. The summed E-state index contributed by atoms with van der Waals surface area (Å²) in [5.41, 5.74) is 3.32. The lowest BCUT2D eigenvalue weighted by Gasteiger charge is -2.05. The Morgan fingerprint density at radius 2 is 1.64 bits per heavy atom. The van der Waals surface area contributed by atoms with E-state index in [1.54, 1.807) is 20.1 Å². The first kappa shape index (κ1) is 16.0. The van der Waals surface area contributed by atoms with Crippen molar-refractivity contribution in [2.45, 2.75) is 33.6 Å². The number of aryl methyl sites for hydroxylation is 2. The van der Waals surface area contributed by atoms with Crippen LogP contribution in [-0.4, -0.2) is 18.4 Å². The Labute approximate surface area is 130 Å². The first-order chi connectivity index (χ1) is 10.5. The van der Waals surface area contributed by atoms with Gasteiger partial charge in [-0.25, -0.2) is 0 Å². The zero-order valence-corrected chi connectivity index (χ0v) is 13.1. The number of carbonyl (C=O) groups excluding carboxylic acids is 2. The number of Topliss-reactive ketones (excluding diaryl/α,β-unsaturated/α-hetero) is 1. The predicted octanol–water partition coefficient (Wildman–Crippen LogP) is 3.43. The molecule has 1 heterocycles. The molecule has 0 unspecified atom stereocenters. The summed E-state index contributed by atoms with van der Waals surface area (Å²) in [6.45, 7) is 5.83. The molecular formula is C18H20O4. The Hall–Kier alpha value is -2.36. The van der Waals surface area contributed by atoms with Crippen LogP contribution in [0, 0.1) is 13.8 Å². The monoisotopic (exact) mass is 300 g/mol. The third-order valence-corrected chi connectivity index (χ3v) is 3.48. The van der Waals surface area contributed by atoms with Crippen LogP contribution in [0.1, 0.15) is 39.7 Å². The van der Waals surface area contributed by atoms with Crippen molar-refractivity contribution in [3.63, 3.8) is 0 Å². The molecule has 0 bridgehead atoms. The van der Waals surface area contributed by atoms with Crippen molar-refractivity contribution >= 4 is 11.8 Å². The number of carbonyl (C=O) groups is 2. The van der Waals surface area contributed by atoms with E-state index in [0.717, 1.165) is 16.7 Å². The average molecular weight is 300 g/mol. The fourth-order valence-corrected chi connectivity index (χ4v) is 2.42. The molecule has 0 aliphatic carbocycles. The van der Waals surface area contributed by atoms with E-state index in [1.807, 2.05) is 31.2 Å².